The molecule has 3 rings (SSSR count). The summed E-state index contributed by atoms with van der Waals surface area (Å²) in [5, 5.41) is 2.25. The first kappa shape index (κ1) is 13.7. The van der Waals surface area contributed by atoms with E-state index >= 15 is 0 Å². The van der Waals surface area contributed by atoms with E-state index in [1.165, 1.54) is 11.8 Å². The number of thioether (sulfide) groups is 1. The SMILES string of the molecule is CC(=O)N1NC(=Nc2ccccc2)SC1c1ccccc1. The number of aliphatic imine (C=N–C) groups is 1. The zero-order valence-electron chi connectivity index (χ0n) is 11.6. The fraction of sp³-hybridized carbons (Fsp3) is 0.125. The van der Waals surface area contributed by atoms with Gasteiger partial charge in [-0.1, -0.05) is 60.3 Å². The van der Waals surface area contributed by atoms with Crippen LogP contribution in [0.2, 0.25) is 0 Å². The first-order chi connectivity index (χ1) is 10.2. The number of nitrogens with one attached hydrogen (secondary N) is 1. The van der Waals surface area contributed by atoms with E-state index in [1.54, 1.807) is 11.9 Å². The van der Waals surface area contributed by atoms with Crippen LogP contribution in [0.25, 0.3) is 0 Å². The van der Waals surface area contributed by atoms with Crippen LogP contribution in [0.3, 0.4) is 0 Å². The molecule has 2 aromatic carbocycles. The van der Waals surface area contributed by atoms with Gasteiger partial charge in [0.05, 0.1) is 5.69 Å². The third kappa shape index (κ3) is 3.08. The molecule has 0 aliphatic carbocycles. The van der Waals surface area contributed by atoms with Crippen molar-refractivity contribution in [3.05, 3.63) is 66.2 Å². The summed E-state index contributed by atoms with van der Waals surface area (Å²) in [5.41, 5.74) is 5.02. The molecule has 0 spiro atoms. The molecule has 1 saturated heterocycles. The van der Waals surface area contributed by atoms with E-state index in [0.29, 0.717) is 0 Å². The molecular weight excluding hydrogens is 282 g/mol. The lowest BCUT2D eigenvalue weighted by atomic mass is 10.2. The Morgan fingerprint density at radius 2 is 1.71 bits per heavy atom. The van der Waals surface area contributed by atoms with Crippen molar-refractivity contribution in [2.45, 2.75) is 12.3 Å². The van der Waals surface area contributed by atoms with Crippen LogP contribution >= 0.6 is 11.8 Å². The molecule has 5 heteroatoms. The van der Waals surface area contributed by atoms with Crippen LogP contribution < -0.4 is 5.43 Å². The van der Waals surface area contributed by atoms with E-state index in [0.717, 1.165) is 16.4 Å². The number of amidine groups is 1. The van der Waals surface area contributed by atoms with Crippen LogP contribution in [-0.4, -0.2) is 16.1 Å². The van der Waals surface area contributed by atoms with E-state index < -0.39 is 0 Å². The van der Waals surface area contributed by atoms with Crippen molar-refractivity contribution in [3.63, 3.8) is 0 Å². The standard InChI is InChI=1S/C16H15N3OS/c1-12(20)19-15(13-8-4-2-5-9-13)21-16(18-19)17-14-10-6-3-7-11-14/h2-11,15H,1H3,(H,17,18). The molecule has 0 aromatic heterocycles. The predicted octanol–water partition coefficient (Wildman–Crippen LogP) is 3.47. The number of hydrogen-bond donors (Lipinski definition) is 1. The highest BCUT2D eigenvalue weighted by atomic mass is 32.2. The number of hydrogen-bond acceptors (Lipinski definition) is 3. The Balaban J connectivity index is 1.88. The summed E-state index contributed by atoms with van der Waals surface area (Å²) in [6, 6.07) is 19.6. The quantitative estimate of drug-likeness (QED) is 0.923. The smallest absolute Gasteiger partial charge is 0.239 e. The number of nitrogens with zero attached hydrogens (tertiary/aromatic N) is 2. The number of para-hydroxylation sites is 1. The molecule has 21 heavy (non-hydrogen) atoms. The summed E-state index contributed by atoms with van der Waals surface area (Å²) >= 11 is 1.54. The Kier molecular flexibility index (Phi) is 3.92. The van der Waals surface area contributed by atoms with Gasteiger partial charge in [-0.15, -0.1) is 0 Å². The van der Waals surface area contributed by atoms with Crippen LogP contribution in [0.5, 0.6) is 0 Å². The number of benzene rings is 2. The Bertz CT molecular complexity index is 658. The van der Waals surface area contributed by atoms with Crippen molar-refractivity contribution in [1.82, 2.24) is 10.4 Å². The second-order valence-electron chi connectivity index (χ2n) is 4.63. The summed E-state index contributed by atoms with van der Waals surface area (Å²) in [4.78, 5) is 16.4. The molecule has 0 saturated carbocycles. The van der Waals surface area contributed by atoms with E-state index in [-0.39, 0.29) is 11.3 Å². The van der Waals surface area contributed by atoms with Crippen molar-refractivity contribution >= 4 is 28.5 Å². The van der Waals surface area contributed by atoms with Gasteiger partial charge in [-0.3, -0.25) is 10.2 Å². The Labute approximate surface area is 127 Å². The van der Waals surface area contributed by atoms with Crippen LogP contribution in [0.4, 0.5) is 5.69 Å². The van der Waals surface area contributed by atoms with Gasteiger partial charge < -0.3 is 0 Å². The maximum Gasteiger partial charge on any atom is 0.239 e. The summed E-state index contributed by atoms with van der Waals surface area (Å²) in [5.74, 6) is -0.0328. The minimum absolute atomic E-state index is 0.0328. The van der Waals surface area contributed by atoms with Crippen molar-refractivity contribution in [3.8, 4) is 0 Å². The average molecular weight is 297 g/mol. The largest absolute Gasteiger partial charge is 0.273 e. The molecule has 4 nitrogen and oxygen atoms in total. The molecule has 1 fully saturated rings. The summed E-state index contributed by atoms with van der Waals surface area (Å²) < 4.78 is 0. The molecule has 1 unspecified atom stereocenters. The minimum atomic E-state index is -0.0915. The molecule has 1 aliphatic heterocycles. The third-order valence-electron chi connectivity index (χ3n) is 3.08. The third-order valence-corrected chi connectivity index (χ3v) is 4.20. The molecule has 1 amide bonds. The van der Waals surface area contributed by atoms with Crippen molar-refractivity contribution < 1.29 is 4.79 Å². The summed E-state index contributed by atoms with van der Waals surface area (Å²) in [6.07, 6.45) is 0. The Hall–Kier alpha value is -2.27. The fourth-order valence-electron chi connectivity index (χ4n) is 2.10. The van der Waals surface area contributed by atoms with Crippen molar-refractivity contribution in [2.75, 3.05) is 0 Å². The second kappa shape index (κ2) is 6.01. The fourth-order valence-corrected chi connectivity index (χ4v) is 3.22. The van der Waals surface area contributed by atoms with Crippen LogP contribution in [0.15, 0.2) is 65.7 Å². The maximum atomic E-state index is 11.8. The highest BCUT2D eigenvalue weighted by molar-refractivity contribution is 8.14. The van der Waals surface area contributed by atoms with Crippen LogP contribution in [0.1, 0.15) is 17.9 Å². The molecule has 1 atom stereocenters. The molecule has 106 valence electrons. The van der Waals surface area contributed by atoms with Gasteiger partial charge in [0.1, 0.15) is 5.37 Å². The predicted molar refractivity (Wildman–Crippen MR) is 86.0 cm³/mol. The normalized spacial score (nSPS) is 19.6. The monoisotopic (exact) mass is 297 g/mol. The van der Waals surface area contributed by atoms with Gasteiger partial charge in [0.15, 0.2) is 5.17 Å². The lowest BCUT2D eigenvalue weighted by Crippen LogP contribution is -2.38. The number of rotatable bonds is 2. The van der Waals surface area contributed by atoms with E-state index in [1.807, 2.05) is 60.7 Å². The second-order valence-corrected chi connectivity index (χ2v) is 5.70. The first-order valence-electron chi connectivity index (χ1n) is 6.66. The summed E-state index contributed by atoms with van der Waals surface area (Å²) in [7, 11) is 0. The zero-order chi connectivity index (χ0) is 14.7. The lowest BCUT2D eigenvalue weighted by molar-refractivity contribution is -0.131. The topological polar surface area (TPSA) is 44.7 Å². The van der Waals surface area contributed by atoms with Gasteiger partial charge in [0.25, 0.3) is 0 Å². The van der Waals surface area contributed by atoms with Gasteiger partial charge >= 0.3 is 0 Å². The molecule has 0 radical (unpaired) electrons. The van der Waals surface area contributed by atoms with Gasteiger partial charge in [-0.2, -0.15) is 0 Å². The van der Waals surface area contributed by atoms with Gasteiger partial charge in [-0.05, 0) is 17.7 Å². The van der Waals surface area contributed by atoms with Gasteiger partial charge in [0.2, 0.25) is 5.91 Å². The van der Waals surface area contributed by atoms with E-state index in [4.69, 9.17) is 0 Å². The molecule has 2 aromatic rings. The Morgan fingerprint density at radius 3 is 2.33 bits per heavy atom. The number of carbonyl (C=O) groups excluding carboxylic acids is 1. The van der Waals surface area contributed by atoms with Crippen molar-refractivity contribution in [1.29, 1.82) is 0 Å². The van der Waals surface area contributed by atoms with Crippen LogP contribution in [-0.2, 0) is 4.79 Å². The maximum absolute atomic E-state index is 11.8. The molecular formula is C16H15N3OS. The van der Waals surface area contributed by atoms with E-state index in [2.05, 4.69) is 10.4 Å². The van der Waals surface area contributed by atoms with Crippen molar-refractivity contribution in [2.24, 2.45) is 4.99 Å². The number of carbonyl (C=O) groups is 1. The lowest BCUT2D eigenvalue weighted by Gasteiger charge is -2.20. The Morgan fingerprint density at radius 1 is 1.10 bits per heavy atom. The highest BCUT2D eigenvalue weighted by Gasteiger charge is 2.32. The van der Waals surface area contributed by atoms with Gasteiger partial charge in [0, 0.05) is 6.92 Å². The molecule has 1 heterocycles. The van der Waals surface area contributed by atoms with Crippen LogP contribution in [0, 0.1) is 0 Å². The first-order valence-corrected chi connectivity index (χ1v) is 7.54. The minimum Gasteiger partial charge on any atom is -0.273 e. The van der Waals surface area contributed by atoms with E-state index in [9.17, 15) is 4.79 Å². The highest BCUT2D eigenvalue weighted by Crippen LogP contribution is 2.37. The zero-order valence-corrected chi connectivity index (χ0v) is 12.4. The molecule has 0 bridgehead atoms. The average Bonchev–Trinajstić information content (AvgIpc) is 2.93. The number of amides is 1. The molecule has 1 aliphatic rings. The number of hydrazine groups is 1. The van der Waals surface area contributed by atoms with Gasteiger partial charge in [-0.25, -0.2) is 10.0 Å². The molecule has 1 N–H and O–H groups in total. The summed E-state index contributed by atoms with van der Waals surface area (Å²) in [6.45, 7) is 1.55.